The number of anilines is 1. The molecule has 0 unspecified atom stereocenters. The first-order valence-electron chi connectivity index (χ1n) is 9.62. The first-order valence-corrected chi connectivity index (χ1v) is 9.62. The van der Waals surface area contributed by atoms with Crippen LogP contribution in [-0.4, -0.2) is 16.9 Å². The van der Waals surface area contributed by atoms with Crippen molar-refractivity contribution >= 4 is 23.5 Å². The smallest absolute Gasteiger partial charge is 0.255 e. The number of carbonyl (C=O) groups is 1. The van der Waals surface area contributed by atoms with Crippen molar-refractivity contribution in [3.63, 3.8) is 0 Å². The van der Waals surface area contributed by atoms with Crippen LogP contribution in [0.2, 0.25) is 0 Å². The van der Waals surface area contributed by atoms with Gasteiger partial charge < -0.3 is 10.5 Å². The van der Waals surface area contributed by atoms with Gasteiger partial charge >= 0.3 is 0 Å². The van der Waals surface area contributed by atoms with Gasteiger partial charge in [0.25, 0.3) is 5.91 Å². The summed E-state index contributed by atoms with van der Waals surface area (Å²) in [4.78, 5) is 12.3. The van der Waals surface area contributed by atoms with Crippen molar-refractivity contribution in [2.45, 2.75) is 0 Å². The molecular weight excluding hydrogens is 372 g/mol. The van der Waals surface area contributed by atoms with Crippen molar-refractivity contribution in [1.82, 2.24) is 0 Å². The highest BCUT2D eigenvalue weighted by molar-refractivity contribution is 6.04. The molecule has 4 rings (SSSR count). The van der Waals surface area contributed by atoms with Crippen LogP contribution in [0, 0.1) is 5.21 Å². The van der Waals surface area contributed by atoms with E-state index in [2.05, 4.69) is 5.32 Å². The SMILES string of the molecule is O=C(Nc1ccccc1)c1ccc(/[N+]([O-])=C/c2ccc(-c3ccccc3)cc2)cc1. The molecule has 30 heavy (non-hydrogen) atoms. The normalized spacial score (nSPS) is 11.1. The van der Waals surface area contributed by atoms with Gasteiger partial charge in [-0.1, -0.05) is 60.7 Å². The maximum absolute atomic E-state index is 12.5. The Bertz CT molecular complexity index is 1150. The van der Waals surface area contributed by atoms with Crippen LogP contribution in [0.25, 0.3) is 11.1 Å². The molecule has 1 amide bonds. The van der Waals surface area contributed by atoms with E-state index in [4.69, 9.17) is 0 Å². The Labute approximate surface area is 175 Å². The molecule has 4 aromatic carbocycles. The number of rotatable bonds is 5. The second-order valence-corrected chi connectivity index (χ2v) is 6.81. The predicted molar refractivity (Wildman–Crippen MR) is 121 cm³/mol. The molecule has 0 saturated heterocycles. The number of amides is 1. The van der Waals surface area contributed by atoms with E-state index >= 15 is 0 Å². The fraction of sp³-hybridized carbons (Fsp3) is 0. The summed E-state index contributed by atoms with van der Waals surface area (Å²) in [7, 11) is 0. The van der Waals surface area contributed by atoms with E-state index in [-0.39, 0.29) is 5.91 Å². The molecule has 0 aromatic heterocycles. The Morgan fingerprint density at radius 2 is 1.27 bits per heavy atom. The van der Waals surface area contributed by atoms with Gasteiger partial charge in [0.1, 0.15) is 0 Å². The zero-order valence-electron chi connectivity index (χ0n) is 16.2. The summed E-state index contributed by atoms with van der Waals surface area (Å²) in [5, 5.41) is 15.3. The average Bonchev–Trinajstić information content (AvgIpc) is 2.81. The molecule has 0 atom stereocenters. The van der Waals surface area contributed by atoms with Gasteiger partial charge in [0.15, 0.2) is 6.21 Å². The molecule has 0 aliphatic carbocycles. The van der Waals surface area contributed by atoms with Gasteiger partial charge in [-0.15, -0.1) is 0 Å². The van der Waals surface area contributed by atoms with E-state index in [0.717, 1.165) is 27.1 Å². The van der Waals surface area contributed by atoms with E-state index in [1.54, 1.807) is 24.3 Å². The van der Waals surface area contributed by atoms with Gasteiger partial charge in [0.2, 0.25) is 5.69 Å². The van der Waals surface area contributed by atoms with Gasteiger partial charge in [-0.25, -0.2) is 0 Å². The molecule has 146 valence electrons. The summed E-state index contributed by atoms with van der Waals surface area (Å²) >= 11 is 0. The minimum atomic E-state index is -0.217. The number of hydrogen-bond donors (Lipinski definition) is 1. The van der Waals surface area contributed by atoms with Gasteiger partial charge in [-0.3, -0.25) is 4.79 Å². The maximum Gasteiger partial charge on any atom is 0.255 e. The van der Waals surface area contributed by atoms with Crippen molar-refractivity contribution in [3.8, 4) is 11.1 Å². The van der Waals surface area contributed by atoms with Crippen LogP contribution in [0.4, 0.5) is 11.4 Å². The third-order valence-corrected chi connectivity index (χ3v) is 4.70. The minimum Gasteiger partial charge on any atom is -0.618 e. The van der Waals surface area contributed by atoms with Gasteiger partial charge in [0, 0.05) is 28.9 Å². The minimum absolute atomic E-state index is 0.217. The Hall–Kier alpha value is -4.18. The van der Waals surface area contributed by atoms with Crippen LogP contribution in [-0.2, 0) is 0 Å². The molecule has 4 aromatic rings. The third kappa shape index (κ3) is 4.62. The summed E-state index contributed by atoms with van der Waals surface area (Å²) < 4.78 is 0.802. The zero-order valence-corrected chi connectivity index (χ0v) is 16.2. The third-order valence-electron chi connectivity index (χ3n) is 4.70. The number of nitrogens with zero attached hydrogens (tertiary/aromatic N) is 1. The highest BCUT2D eigenvalue weighted by Gasteiger charge is 2.08. The first kappa shape index (κ1) is 19.2. The lowest BCUT2D eigenvalue weighted by atomic mass is 10.0. The van der Waals surface area contributed by atoms with Crippen LogP contribution in [0.3, 0.4) is 0 Å². The van der Waals surface area contributed by atoms with E-state index < -0.39 is 0 Å². The molecule has 0 bridgehead atoms. The highest BCUT2D eigenvalue weighted by atomic mass is 16.5. The summed E-state index contributed by atoms with van der Waals surface area (Å²) in [5.74, 6) is -0.217. The molecule has 4 heteroatoms. The summed E-state index contributed by atoms with van der Waals surface area (Å²) in [6.07, 6.45) is 1.52. The Balaban J connectivity index is 1.46. The second-order valence-electron chi connectivity index (χ2n) is 6.81. The van der Waals surface area contributed by atoms with Crippen molar-refractivity contribution < 1.29 is 9.53 Å². The van der Waals surface area contributed by atoms with E-state index in [0.29, 0.717) is 11.3 Å². The lowest BCUT2D eigenvalue weighted by Crippen LogP contribution is -2.11. The zero-order chi connectivity index (χ0) is 20.8. The van der Waals surface area contributed by atoms with Crippen LogP contribution >= 0.6 is 0 Å². The summed E-state index contributed by atoms with van der Waals surface area (Å²) in [6, 6.07) is 33.7. The number of carbonyl (C=O) groups excluding carboxylic acids is 1. The van der Waals surface area contributed by atoms with E-state index in [1.165, 1.54) is 6.21 Å². The molecular formula is C26H20N2O2. The summed E-state index contributed by atoms with van der Waals surface area (Å²) in [6.45, 7) is 0. The van der Waals surface area contributed by atoms with Gasteiger partial charge in [-0.05, 0) is 47.5 Å². The van der Waals surface area contributed by atoms with Crippen LogP contribution in [0.1, 0.15) is 15.9 Å². The number of hydrogen-bond acceptors (Lipinski definition) is 2. The molecule has 0 fully saturated rings. The largest absolute Gasteiger partial charge is 0.618 e. The number of nitrogens with one attached hydrogen (secondary N) is 1. The van der Waals surface area contributed by atoms with Crippen molar-refractivity contribution in [2.75, 3.05) is 5.32 Å². The van der Waals surface area contributed by atoms with Gasteiger partial charge in [-0.2, -0.15) is 4.74 Å². The quantitative estimate of drug-likeness (QED) is 0.200. The molecule has 0 aliphatic rings. The van der Waals surface area contributed by atoms with Crippen LogP contribution in [0.5, 0.6) is 0 Å². The van der Waals surface area contributed by atoms with Crippen molar-refractivity contribution in [2.24, 2.45) is 0 Å². The fourth-order valence-electron chi connectivity index (χ4n) is 3.09. The fourth-order valence-corrected chi connectivity index (χ4v) is 3.09. The summed E-state index contributed by atoms with van der Waals surface area (Å²) in [5.41, 5.74) is 4.70. The van der Waals surface area contributed by atoms with Gasteiger partial charge in [0.05, 0.1) is 0 Å². The lowest BCUT2D eigenvalue weighted by molar-refractivity contribution is -0.354. The average molecular weight is 392 g/mol. The first-order chi connectivity index (χ1) is 14.7. The lowest BCUT2D eigenvalue weighted by Gasteiger charge is -2.07. The number of para-hydroxylation sites is 1. The molecule has 0 spiro atoms. The van der Waals surface area contributed by atoms with Crippen LogP contribution < -0.4 is 5.32 Å². The maximum atomic E-state index is 12.5. The van der Waals surface area contributed by atoms with Crippen LogP contribution in [0.15, 0.2) is 109 Å². The molecule has 0 aliphatic heterocycles. The number of benzene rings is 4. The molecule has 0 saturated carbocycles. The predicted octanol–water partition coefficient (Wildman–Crippen LogP) is 5.87. The van der Waals surface area contributed by atoms with Crippen molar-refractivity contribution in [3.05, 3.63) is 126 Å². The van der Waals surface area contributed by atoms with E-state index in [1.807, 2.05) is 84.9 Å². The van der Waals surface area contributed by atoms with Crippen molar-refractivity contribution in [1.29, 1.82) is 0 Å². The molecule has 4 nitrogen and oxygen atoms in total. The Kier molecular flexibility index (Phi) is 5.67. The molecule has 1 N–H and O–H groups in total. The topological polar surface area (TPSA) is 55.2 Å². The second kappa shape index (κ2) is 8.88. The highest BCUT2D eigenvalue weighted by Crippen LogP contribution is 2.19. The molecule has 0 radical (unpaired) electrons. The Morgan fingerprint density at radius 1 is 0.700 bits per heavy atom. The molecule has 0 heterocycles. The monoisotopic (exact) mass is 392 g/mol. The Morgan fingerprint density at radius 3 is 1.90 bits per heavy atom. The van der Waals surface area contributed by atoms with E-state index in [9.17, 15) is 10.0 Å². The standard InChI is InChI=1S/C26H20N2O2/c29-26(27-24-9-5-2-6-10-24)23-15-17-25(18-16-23)28(30)19-20-11-13-22(14-12-20)21-7-3-1-4-8-21/h1-19H,(H,27,29)/b28-19-.